The summed E-state index contributed by atoms with van der Waals surface area (Å²) in [6.45, 7) is 7.53. The number of carbonyl (C=O) groups is 1. The van der Waals surface area contributed by atoms with Crippen molar-refractivity contribution in [3.05, 3.63) is 35.5 Å². The number of amides is 1. The third-order valence-electron chi connectivity index (χ3n) is 4.57. The van der Waals surface area contributed by atoms with Crippen LogP contribution in [0.1, 0.15) is 36.9 Å². The lowest BCUT2D eigenvalue weighted by atomic mass is 9.92. The van der Waals surface area contributed by atoms with Gasteiger partial charge in [0.1, 0.15) is 5.76 Å². The number of piperidine rings is 1. The standard InChI is InChI=1S/C18H25N5O2/c1-12-5-7-23(18-19-6-4-13(2)21-18)16(8-12)11-20-17(24)10-15-9-14(3)25-22-15/h4,6,9,12,16H,5,7-8,10-11H2,1-3H3,(H,20,24)/t12-,16+/m1/s1. The first-order chi connectivity index (χ1) is 12.0. The zero-order chi connectivity index (χ0) is 17.8. The van der Waals surface area contributed by atoms with E-state index in [2.05, 4.69) is 32.3 Å². The average molecular weight is 343 g/mol. The fourth-order valence-electron chi connectivity index (χ4n) is 3.24. The fourth-order valence-corrected chi connectivity index (χ4v) is 3.24. The highest BCUT2D eigenvalue weighted by atomic mass is 16.5. The SMILES string of the molecule is Cc1ccnc(N2CC[C@@H](C)C[C@H]2CNC(=O)Cc2cc(C)on2)n1. The molecule has 3 heterocycles. The summed E-state index contributed by atoms with van der Waals surface area (Å²) in [5.74, 6) is 2.04. The molecule has 0 unspecified atom stereocenters. The molecule has 0 spiro atoms. The number of hydrogen-bond acceptors (Lipinski definition) is 6. The van der Waals surface area contributed by atoms with E-state index in [0.29, 0.717) is 23.9 Å². The van der Waals surface area contributed by atoms with Crippen LogP contribution < -0.4 is 10.2 Å². The van der Waals surface area contributed by atoms with E-state index in [0.717, 1.165) is 31.0 Å². The monoisotopic (exact) mass is 343 g/mol. The third-order valence-corrected chi connectivity index (χ3v) is 4.57. The molecule has 1 amide bonds. The van der Waals surface area contributed by atoms with Gasteiger partial charge in [-0.3, -0.25) is 4.79 Å². The van der Waals surface area contributed by atoms with Crippen molar-refractivity contribution in [3.8, 4) is 0 Å². The molecule has 1 aliphatic rings. The molecule has 2 aromatic rings. The first-order valence-corrected chi connectivity index (χ1v) is 8.76. The molecule has 1 N–H and O–H groups in total. The highest BCUT2D eigenvalue weighted by molar-refractivity contribution is 5.78. The second kappa shape index (κ2) is 7.63. The van der Waals surface area contributed by atoms with Crippen molar-refractivity contribution in [2.75, 3.05) is 18.0 Å². The Morgan fingerprint density at radius 2 is 2.28 bits per heavy atom. The number of nitrogens with one attached hydrogen (secondary N) is 1. The minimum atomic E-state index is -0.0448. The molecule has 0 aromatic carbocycles. The van der Waals surface area contributed by atoms with E-state index in [1.165, 1.54) is 0 Å². The molecule has 134 valence electrons. The zero-order valence-electron chi connectivity index (χ0n) is 15.0. The Bertz CT molecular complexity index is 730. The maximum atomic E-state index is 12.2. The molecule has 0 aliphatic carbocycles. The molecule has 1 saturated heterocycles. The quantitative estimate of drug-likeness (QED) is 0.894. The molecule has 0 radical (unpaired) electrons. The predicted octanol–water partition coefficient (Wildman–Crippen LogP) is 2.05. The van der Waals surface area contributed by atoms with E-state index in [-0.39, 0.29) is 18.4 Å². The number of aryl methyl sites for hydroxylation is 2. The van der Waals surface area contributed by atoms with E-state index < -0.39 is 0 Å². The number of nitrogens with zero attached hydrogens (tertiary/aromatic N) is 4. The normalized spacial score (nSPS) is 20.5. The number of rotatable bonds is 5. The lowest BCUT2D eigenvalue weighted by molar-refractivity contribution is -0.120. The van der Waals surface area contributed by atoms with Crippen LogP contribution in [0.5, 0.6) is 0 Å². The summed E-state index contributed by atoms with van der Waals surface area (Å²) in [6, 6.07) is 3.88. The van der Waals surface area contributed by atoms with E-state index in [9.17, 15) is 4.79 Å². The molecule has 7 nitrogen and oxygen atoms in total. The summed E-state index contributed by atoms with van der Waals surface area (Å²) in [4.78, 5) is 23.4. The van der Waals surface area contributed by atoms with Crippen molar-refractivity contribution in [2.45, 2.75) is 46.1 Å². The van der Waals surface area contributed by atoms with Crippen LogP contribution in [0, 0.1) is 19.8 Å². The van der Waals surface area contributed by atoms with Crippen LogP contribution >= 0.6 is 0 Å². The highest BCUT2D eigenvalue weighted by Gasteiger charge is 2.28. The summed E-state index contributed by atoms with van der Waals surface area (Å²) in [6.07, 6.45) is 4.15. The zero-order valence-corrected chi connectivity index (χ0v) is 15.0. The minimum Gasteiger partial charge on any atom is -0.361 e. The number of hydrogen-bond donors (Lipinski definition) is 1. The molecular weight excluding hydrogens is 318 g/mol. The Labute approximate surface area is 147 Å². The first kappa shape index (κ1) is 17.4. The fraction of sp³-hybridized carbons (Fsp3) is 0.556. The van der Waals surface area contributed by atoms with Gasteiger partial charge in [0.15, 0.2) is 0 Å². The molecule has 1 fully saturated rings. The van der Waals surface area contributed by atoms with Gasteiger partial charge < -0.3 is 14.7 Å². The van der Waals surface area contributed by atoms with Crippen molar-refractivity contribution in [1.82, 2.24) is 20.4 Å². The van der Waals surface area contributed by atoms with Gasteiger partial charge in [0, 0.05) is 37.1 Å². The van der Waals surface area contributed by atoms with Gasteiger partial charge in [0.2, 0.25) is 11.9 Å². The van der Waals surface area contributed by atoms with E-state index >= 15 is 0 Å². The average Bonchev–Trinajstić information content (AvgIpc) is 2.98. The van der Waals surface area contributed by atoms with Crippen molar-refractivity contribution < 1.29 is 9.32 Å². The predicted molar refractivity (Wildman–Crippen MR) is 94.3 cm³/mol. The summed E-state index contributed by atoms with van der Waals surface area (Å²) >= 11 is 0. The van der Waals surface area contributed by atoms with Gasteiger partial charge in [-0.1, -0.05) is 12.1 Å². The van der Waals surface area contributed by atoms with E-state index in [1.54, 1.807) is 12.3 Å². The summed E-state index contributed by atoms with van der Waals surface area (Å²) < 4.78 is 5.01. The lowest BCUT2D eigenvalue weighted by Gasteiger charge is -2.38. The van der Waals surface area contributed by atoms with Gasteiger partial charge in [0.05, 0.1) is 12.1 Å². The van der Waals surface area contributed by atoms with Crippen LogP contribution in [0.15, 0.2) is 22.9 Å². The van der Waals surface area contributed by atoms with Crippen LogP contribution in [0.2, 0.25) is 0 Å². The van der Waals surface area contributed by atoms with Gasteiger partial charge in [-0.05, 0) is 38.7 Å². The van der Waals surface area contributed by atoms with Crippen molar-refractivity contribution >= 4 is 11.9 Å². The van der Waals surface area contributed by atoms with Crippen molar-refractivity contribution in [3.63, 3.8) is 0 Å². The molecule has 25 heavy (non-hydrogen) atoms. The molecule has 0 bridgehead atoms. The second-order valence-corrected chi connectivity index (χ2v) is 6.88. The van der Waals surface area contributed by atoms with E-state index in [4.69, 9.17) is 4.52 Å². The number of anilines is 1. The van der Waals surface area contributed by atoms with Crippen molar-refractivity contribution in [1.29, 1.82) is 0 Å². The van der Waals surface area contributed by atoms with Gasteiger partial charge in [-0.25, -0.2) is 9.97 Å². The van der Waals surface area contributed by atoms with Gasteiger partial charge in [-0.2, -0.15) is 0 Å². The molecule has 0 saturated carbocycles. The minimum absolute atomic E-state index is 0.0448. The van der Waals surface area contributed by atoms with Gasteiger partial charge in [-0.15, -0.1) is 0 Å². The second-order valence-electron chi connectivity index (χ2n) is 6.88. The van der Waals surface area contributed by atoms with Crippen LogP contribution in [0.25, 0.3) is 0 Å². The molecule has 2 aromatic heterocycles. The summed E-state index contributed by atoms with van der Waals surface area (Å²) in [7, 11) is 0. The Morgan fingerprint density at radius 3 is 3.00 bits per heavy atom. The summed E-state index contributed by atoms with van der Waals surface area (Å²) in [5.41, 5.74) is 1.61. The Balaban J connectivity index is 1.62. The topological polar surface area (TPSA) is 84.2 Å². The Morgan fingerprint density at radius 1 is 1.44 bits per heavy atom. The van der Waals surface area contributed by atoms with Crippen LogP contribution in [-0.2, 0) is 11.2 Å². The number of carbonyl (C=O) groups excluding carboxylic acids is 1. The molecule has 1 aliphatic heterocycles. The third kappa shape index (κ3) is 4.55. The number of aromatic nitrogens is 3. The highest BCUT2D eigenvalue weighted by Crippen LogP contribution is 2.25. The van der Waals surface area contributed by atoms with Crippen LogP contribution in [0.4, 0.5) is 5.95 Å². The van der Waals surface area contributed by atoms with Crippen LogP contribution in [0.3, 0.4) is 0 Å². The smallest absolute Gasteiger partial charge is 0.226 e. The lowest BCUT2D eigenvalue weighted by Crippen LogP contribution is -2.49. The van der Waals surface area contributed by atoms with Gasteiger partial charge in [0.25, 0.3) is 0 Å². The molecule has 3 rings (SSSR count). The first-order valence-electron chi connectivity index (χ1n) is 8.76. The molecule has 7 heteroatoms. The molecule has 2 atom stereocenters. The summed E-state index contributed by atoms with van der Waals surface area (Å²) in [5, 5.41) is 6.90. The van der Waals surface area contributed by atoms with Crippen LogP contribution in [-0.4, -0.2) is 40.2 Å². The molecular formula is C18H25N5O2. The van der Waals surface area contributed by atoms with Gasteiger partial charge >= 0.3 is 0 Å². The largest absolute Gasteiger partial charge is 0.361 e. The van der Waals surface area contributed by atoms with E-state index in [1.807, 2.05) is 19.9 Å². The Hall–Kier alpha value is -2.44. The maximum Gasteiger partial charge on any atom is 0.226 e. The van der Waals surface area contributed by atoms with Crippen molar-refractivity contribution in [2.24, 2.45) is 5.92 Å². The Kier molecular flexibility index (Phi) is 5.31. The maximum absolute atomic E-state index is 12.2.